The van der Waals surface area contributed by atoms with Gasteiger partial charge in [0.05, 0.1) is 11.6 Å². The maximum Gasteiger partial charge on any atom is 0.232 e. The Morgan fingerprint density at radius 1 is 1.57 bits per heavy atom. The molecule has 0 radical (unpaired) electrons. The normalized spacial score (nSPS) is 11.4. The molecule has 0 aliphatic rings. The summed E-state index contributed by atoms with van der Waals surface area (Å²) in [6.45, 7) is 0. The molecule has 2 heteroatoms. The lowest BCUT2D eigenvalue weighted by molar-refractivity contribution is 0.618. The van der Waals surface area contributed by atoms with E-state index in [1.165, 1.54) is 6.26 Å². The zero-order valence-electron chi connectivity index (χ0n) is 3.47. The Morgan fingerprint density at radius 3 is 2.71 bits per heavy atom. The van der Waals surface area contributed by atoms with Gasteiger partial charge in [-0.25, -0.2) is 0 Å². The summed E-state index contributed by atoms with van der Waals surface area (Å²) >= 11 is 0. The van der Waals surface area contributed by atoms with E-state index in [0.29, 0.717) is 5.58 Å². The summed E-state index contributed by atoms with van der Waals surface area (Å²) in [5.74, 6) is 0. The van der Waals surface area contributed by atoms with Gasteiger partial charge in [-0.3, -0.25) is 4.79 Å². The van der Waals surface area contributed by atoms with Gasteiger partial charge in [0.2, 0.25) is 5.43 Å². The van der Waals surface area contributed by atoms with Gasteiger partial charge in [-0.2, -0.15) is 0 Å². The molecule has 0 N–H and O–H groups in total. The van der Waals surface area contributed by atoms with Crippen LogP contribution >= 0.6 is 0 Å². The predicted molar refractivity (Wildman–Crippen MR) is 24.9 cm³/mol. The third-order valence-electron chi connectivity index (χ3n) is 1.05. The van der Waals surface area contributed by atoms with Crippen molar-refractivity contribution in [3.05, 3.63) is 22.6 Å². The molecule has 2 nitrogen and oxygen atoms in total. The highest BCUT2D eigenvalue weighted by atomic mass is 16.3. The summed E-state index contributed by atoms with van der Waals surface area (Å²) in [5.41, 5.74) is 0.613. The average Bonchev–Trinajstić information content (AvgIpc) is 2.26. The largest absolute Gasteiger partial charge is 0.460 e. The van der Waals surface area contributed by atoms with Gasteiger partial charge in [0, 0.05) is 0 Å². The molecular formula is C5H2O2. The first kappa shape index (κ1) is 3.02. The van der Waals surface area contributed by atoms with E-state index in [9.17, 15) is 4.79 Å². The summed E-state index contributed by atoms with van der Waals surface area (Å²) in [4.78, 5) is 10.2. The van der Waals surface area contributed by atoms with Crippen LogP contribution in [0.5, 0.6) is 0 Å². The van der Waals surface area contributed by atoms with Crippen molar-refractivity contribution in [2.75, 3.05) is 0 Å². The number of hydrogen-bond donors (Lipinski definition) is 0. The predicted octanol–water partition coefficient (Wildman–Crippen LogP) is 0.669. The average molecular weight is 94.1 g/mol. The van der Waals surface area contributed by atoms with E-state index in [4.69, 9.17) is 0 Å². The standard InChI is InChI=1S/C5H2O2/c6-4-3-1-2-7-5(3)4/h1-2H. The van der Waals surface area contributed by atoms with Gasteiger partial charge in [-0.1, -0.05) is 0 Å². The van der Waals surface area contributed by atoms with Gasteiger partial charge in [0.15, 0.2) is 5.58 Å². The van der Waals surface area contributed by atoms with E-state index in [2.05, 4.69) is 4.42 Å². The second-order valence-corrected chi connectivity index (χ2v) is 1.49. The van der Waals surface area contributed by atoms with Crippen molar-refractivity contribution in [1.29, 1.82) is 0 Å². The molecule has 7 heavy (non-hydrogen) atoms. The lowest BCUT2D eigenvalue weighted by Gasteiger charge is -1.55. The van der Waals surface area contributed by atoms with Crippen LogP contribution < -0.4 is 5.43 Å². The quantitative estimate of drug-likeness (QED) is 0.480. The van der Waals surface area contributed by atoms with Gasteiger partial charge >= 0.3 is 0 Å². The molecule has 2 aromatic rings. The second kappa shape index (κ2) is 0.644. The molecule has 34 valence electrons. The first-order valence-corrected chi connectivity index (χ1v) is 2.02. The minimum absolute atomic E-state index is 0.0718. The fourth-order valence-electron chi connectivity index (χ4n) is 0.605. The highest BCUT2D eigenvalue weighted by molar-refractivity contribution is 5.92. The van der Waals surface area contributed by atoms with Crippen molar-refractivity contribution in [2.24, 2.45) is 0 Å². The van der Waals surface area contributed by atoms with Gasteiger partial charge < -0.3 is 4.42 Å². The van der Waals surface area contributed by atoms with Crippen molar-refractivity contribution in [1.82, 2.24) is 0 Å². The highest BCUT2D eigenvalue weighted by Gasteiger charge is 2.13. The van der Waals surface area contributed by atoms with Crippen LogP contribution in [0.1, 0.15) is 0 Å². The van der Waals surface area contributed by atoms with Crippen LogP contribution in [0, 0.1) is 0 Å². The minimum Gasteiger partial charge on any atom is -0.460 e. The summed E-state index contributed by atoms with van der Waals surface area (Å²) in [5, 5.41) is 0.750. The summed E-state index contributed by atoms with van der Waals surface area (Å²) in [6.07, 6.45) is 1.52. The highest BCUT2D eigenvalue weighted by Crippen LogP contribution is 2.13. The molecule has 0 spiro atoms. The van der Waals surface area contributed by atoms with Crippen LogP contribution in [0.4, 0.5) is 0 Å². The maximum absolute atomic E-state index is 10.2. The van der Waals surface area contributed by atoms with Crippen LogP contribution in [0.3, 0.4) is 0 Å². The van der Waals surface area contributed by atoms with Gasteiger partial charge in [0.1, 0.15) is 0 Å². The van der Waals surface area contributed by atoms with Crippen LogP contribution in [0.15, 0.2) is 21.5 Å². The third kappa shape index (κ3) is 0.193. The fourth-order valence-corrected chi connectivity index (χ4v) is 0.605. The van der Waals surface area contributed by atoms with E-state index in [1.807, 2.05) is 0 Å². The molecule has 0 saturated heterocycles. The Bertz CT molecular complexity index is 269. The Hall–Kier alpha value is -1.05. The van der Waals surface area contributed by atoms with Crippen molar-refractivity contribution in [2.45, 2.75) is 0 Å². The molecule has 1 heterocycles. The van der Waals surface area contributed by atoms with Crippen molar-refractivity contribution >= 4 is 11.0 Å². The van der Waals surface area contributed by atoms with E-state index in [-0.39, 0.29) is 5.43 Å². The minimum atomic E-state index is 0.0718. The fraction of sp³-hybridized carbons (Fsp3) is 0. The van der Waals surface area contributed by atoms with E-state index in [0.717, 1.165) is 5.39 Å². The van der Waals surface area contributed by atoms with Gasteiger partial charge in [-0.15, -0.1) is 0 Å². The molecule has 0 amide bonds. The summed E-state index contributed by atoms with van der Waals surface area (Å²) in [6, 6.07) is 1.68. The van der Waals surface area contributed by atoms with Crippen LogP contribution in [0.2, 0.25) is 0 Å². The van der Waals surface area contributed by atoms with E-state index >= 15 is 0 Å². The molecule has 0 fully saturated rings. The molecular weight excluding hydrogens is 92.1 g/mol. The molecule has 1 aromatic carbocycles. The lowest BCUT2D eigenvalue weighted by Crippen LogP contribution is -1.69. The number of hydrogen-bond acceptors (Lipinski definition) is 2. The van der Waals surface area contributed by atoms with Crippen molar-refractivity contribution in [3.63, 3.8) is 0 Å². The second-order valence-electron chi connectivity index (χ2n) is 1.49. The van der Waals surface area contributed by atoms with Gasteiger partial charge in [0.25, 0.3) is 0 Å². The van der Waals surface area contributed by atoms with E-state index in [1.54, 1.807) is 6.07 Å². The lowest BCUT2D eigenvalue weighted by atomic mass is 10.6. The number of furan rings is 1. The molecule has 1 aromatic heterocycles. The summed E-state index contributed by atoms with van der Waals surface area (Å²) in [7, 11) is 0. The molecule has 0 bridgehead atoms. The van der Waals surface area contributed by atoms with Gasteiger partial charge in [-0.05, 0) is 6.07 Å². The topological polar surface area (TPSA) is 30.2 Å². The monoisotopic (exact) mass is 94.0 g/mol. The van der Waals surface area contributed by atoms with Crippen LogP contribution in [-0.4, -0.2) is 0 Å². The SMILES string of the molecule is O=c1c2ccoc12. The van der Waals surface area contributed by atoms with Crippen LogP contribution in [0.25, 0.3) is 11.0 Å². The smallest absolute Gasteiger partial charge is 0.232 e. The molecule has 0 saturated carbocycles. The molecule has 2 rings (SSSR count). The Balaban J connectivity index is 3.18. The molecule has 0 aliphatic heterocycles. The molecule has 0 aliphatic carbocycles. The first-order chi connectivity index (χ1) is 3.39. The van der Waals surface area contributed by atoms with Crippen molar-refractivity contribution in [3.8, 4) is 0 Å². The Morgan fingerprint density at radius 2 is 2.43 bits per heavy atom. The summed E-state index contributed by atoms with van der Waals surface area (Å²) < 4.78 is 4.69. The Labute approximate surface area is 39.0 Å². The molecule has 0 unspecified atom stereocenters. The van der Waals surface area contributed by atoms with Crippen molar-refractivity contribution < 1.29 is 4.42 Å². The third-order valence-corrected chi connectivity index (χ3v) is 1.05. The Kier molecular flexibility index (Phi) is 0.278. The van der Waals surface area contributed by atoms with Crippen LogP contribution in [-0.2, 0) is 0 Å². The molecule has 0 atom stereocenters. The maximum atomic E-state index is 10.2. The number of rotatable bonds is 0. The number of fused-ring (bicyclic) bond motifs is 1. The van der Waals surface area contributed by atoms with E-state index < -0.39 is 0 Å². The first-order valence-electron chi connectivity index (χ1n) is 2.02. The zero-order chi connectivity index (χ0) is 4.85. The zero-order valence-corrected chi connectivity index (χ0v) is 3.47.